The minimum Gasteiger partial charge on any atom is -0.300 e. The molecule has 0 aromatic carbocycles. The maximum atomic E-state index is 12.2. The van der Waals surface area contributed by atoms with Gasteiger partial charge >= 0.3 is 0 Å². The number of ketones is 1. The zero-order valence-electron chi connectivity index (χ0n) is 14.9. The Labute approximate surface area is 140 Å². The third-order valence-electron chi connectivity index (χ3n) is 7.43. The Bertz CT molecular complexity index is 566. The minimum atomic E-state index is 0.274. The van der Waals surface area contributed by atoms with Gasteiger partial charge in [-0.3, -0.25) is 4.79 Å². The quantitative estimate of drug-likeness (QED) is 0.693. The second-order valence-electron chi connectivity index (χ2n) is 7.99. The van der Waals surface area contributed by atoms with E-state index >= 15 is 0 Å². The maximum Gasteiger partial charge on any atom is 0.133 e. The van der Waals surface area contributed by atoms with Crippen LogP contribution in [0.1, 0.15) is 72.1 Å². The summed E-state index contributed by atoms with van der Waals surface area (Å²) in [6, 6.07) is 0. The Kier molecular flexibility index (Phi) is 4.65. The lowest BCUT2D eigenvalue weighted by molar-refractivity contribution is -0.133. The highest BCUT2D eigenvalue weighted by Gasteiger charge is 2.55. The van der Waals surface area contributed by atoms with E-state index in [0.717, 1.165) is 37.7 Å². The fraction of sp³-hybridized carbons (Fsp3) is 0.762. The van der Waals surface area contributed by atoms with Crippen molar-refractivity contribution in [1.82, 2.24) is 0 Å². The predicted molar refractivity (Wildman–Crippen MR) is 92.6 cm³/mol. The van der Waals surface area contributed by atoms with E-state index in [1.807, 2.05) is 0 Å². The Morgan fingerprint density at radius 2 is 2.04 bits per heavy atom. The van der Waals surface area contributed by atoms with Gasteiger partial charge in [-0.2, -0.15) is 0 Å². The van der Waals surface area contributed by atoms with Crippen LogP contribution >= 0.6 is 0 Å². The highest BCUT2D eigenvalue weighted by Crippen LogP contribution is 2.62. The molecule has 0 N–H and O–H groups in total. The zero-order chi connectivity index (χ0) is 16.6. The molecule has 0 aromatic heterocycles. The number of allylic oxidation sites excluding steroid dienone is 3. The molecule has 0 aliphatic heterocycles. The largest absolute Gasteiger partial charge is 0.300 e. The molecule has 5 atom stereocenters. The van der Waals surface area contributed by atoms with Crippen LogP contribution < -0.4 is 0 Å². The van der Waals surface area contributed by atoms with Crippen LogP contribution in [0.15, 0.2) is 17.2 Å². The van der Waals surface area contributed by atoms with Gasteiger partial charge in [-0.25, -0.2) is 4.79 Å². The second-order valence-corrected chi connectivity index (χ2v) is 7.99. The summed E-state index contributed by atoms with van der Waals surface area (Å²) in [6.07, 6.45) is 11.0. The highest BCUT2D eigenvalue weighted by molar-refractivity contribution is 5.78. The molecule has 2 saturated carbocycles. The molecule has 0 aromatic rings. The fourth-order valence-electron chi connectivity index (χ4n) is 6.45. The van der Waals surface area contributed by atoms with Crippen LogP contribution in [-0.4, -0.2) is 11.7 Å². The molecule has 2 nitrogen and oxygen atoms in total. The maximum absolute atomic E-state index is 12.2. The molecule has 3 aliphatic carbocycles. The molecule has 2 fully saturated rings. The van der Waals surface area contributed by atoms with Gasteiger partial charge in [0.15, 0.2) is 0 Å². The van der Waals surface area contributed by atoms with Crippen molar-refractivity contribution in [2.45, 2.75) is 72.1 Å². The van der Waals surface area contributed by atoms with E-state index in [9.17, 15) is 9.59 Å². The SMILES string of the molecule is CCC1C(C(C)=O)CCC2C3CCC(=C=O)C=C3CCC12CC. The summed E-state index contributed by atoms with van der Waals surface area (Å²) >= 11 is 0. The molecule has 0 bridgehead atoms. The van der Waals surface area contributed by atoms with Crippen molar-refractivity contribution >= 4 is 11.7 Å². The summed E-state index contributed by atoms with van der Waals surface area (Å²) < 4.78 is 0. The number of fused-ring (bicyclic) bond motifs is 3. The Hall–Kier alpha value is -1.14. The van der Waals surface area contributed by atoms with E-state index in [1.165, 1.54) is 24.8 Å². The van der Waals surface area contributed by atoms with Gasteiger partial charge in [-0.05, 0) is 81.1 Å². The van der Waals surface area contributed by atoms with Crippen molar-refractivity contribution in [1.29, 1.82) is 0 Å². The molecule has 2 heteroatoms. The van der Waals surface area contributed by atoms with Gasteiger partial charge in [0.05, 0.1) is 0 Å². The number of carbonyl (C=O) groups excluding carboxylic acids is 2. The van der Waals surface area contributed by atoms with Crippen molar-refractivity contribution in [3.05, 3.63) is 17.2 Å². The van der Waals surface area contributed by atoms with E-state index in [0.29, 0.717) is 29.0 Å². The first-order valence-corrected chi connectivity index (χ1v) is 9.52. The zero-order valence-corrected chi connectivity index (χ0v) is 14.9. The molecule has 0 heterocycles. The van der Waals surface area contributed by atoms with E-state index in [4.69, 9.17) is 0 Å². The molecule has 23 heavy (non-hydrogen) atoms. The van der Waals surface area contributed by atoms with Gasteiger partial charge < -0.3 is 0 Å². The molecule has 126 valence electrons. The second kappa shape index (κ2) is 6.40. The monoisotopic (exact) mass is 314 g/mol. The van der Waals surface area contributed by atoms with Crippen molar-refractivity contribution in [2.75, 3.05) is 0 Å². The molecule has 0 spiro atoms. The van der Waals surface area contributed by atoms with Crippen LogP contribution in [-0.2, 0) is 9.59 Å². The molecular formula is C21H30O2. The average Bonchev–Trinajstić information content (AvgIpc) is 2.59. The molecule has 3 rings (SSSR count). The number of rotatable bonds is 3. The van der Waals surface area contributed by atoms with Crippen LogP contribution in [0.25, 0.3) is 0 Å². The molecular weight excluding hydrogens is 284 g/mol. The van der Waals surface area contributed by atoms with E-state index in [1.54, 1.807) is 6.92 Å². The molecule has 5 unspecified atom stereocenters. The summed E-state index contributed by atoms with van der Waals surface area (Å²) in [5.74, 6) is 4.70. The Morgan fingerprint density at radius 3 is 2.65 bits per heavy atom. The van der Waals surface area contributed by atoms with Crippen LogP contribution in [0, 0.1) is 29.1 Å². The summed E-state index contributed by atoms with van der Waals surface area (Å²) in [7, 11) is 0. The summed E-state index contributed by atoms with van der Waals surface area (Å²) in [5.41, 5.74) is 2.71. The van der Waals surface area contributed by atoms with Gasteiger partial charge in [0, 0.05) is 11.5 Å². The summed E-state index contributed by atoms with van der Waals surface area (Å²) in [6.45, 7) is 6.42. The van der Waals surface area contributed by atoms with Crippen molar-refractivity contribution in [3.63, 3.8) is 0 Å². The Morgan fingerprint density at radius 1 is 1.26 bits per heavy atom. The molecule has 0 radical (unpaired) electrons. The summed E-state index contributed by atoms with van der Waals surface area (Å²) in [4.78, 5) is 23.2. The van der Waals surface area contributed by atoms with Gasteiger partial charge in [0.1, 0.15) is 11.7 Å². The normalized spacial score (nSPS) is 39.8. The van der Waals surface area contributed by atoms with Gasteiger partial charge in [0.25, 0.3) is 0 Å². The number of Topliss-reactive ketones (excluding diaryl/α,β-unsaturated/α-hetero) is 1. The first-order chi connectivity index (χ1) is 11.1. The first-order valence-electron chi connectivity index (χ1n) is 9.52. The third-order valence-corrected chi connectivity index (χ3v) is 7.43. The lowest BCUT2D eigenvalue weighted by Gasteiger charge is -2.58. The summed E-state index contributed by atoms with van der Waals surface area (Å²) in [5, 5.41) is 0. The lowest BCUT2D eigenvalue weighted by atomic mass is 9.46. The van der Waals surface area contributed by atoms with Gasteiger partial charge in [0.2, 0.25) is 0 Å². The van der Waals surface area contributed by atoms with Gasteiger partial charge in [-0.1, -0.05) is 25.8 Å². The topological polar surface area (TPSA) is 34.1 Å². The number of carbonyl (C=O) groups is 1. The smallest absolute Gasteiger partial charge is 0.133 e. The average molecular weight is 314 g/mol. The van der Waals surface area contributed by atoms with Crippen molar-refractivity contribution in [2.24, 2.45) is 29.1 Å². The van der Waals surface area contributed by atoms with E-state index in [-0.39, 0.29) is 5.92 Å². The highest BCUT2D eigenvalue weighted by atomic mass is 16.1. The standard InChI is InChI=1S/C21H30O2/c1-4-19-17(14(3)23)8-9-20-18-7-6-15(13-22)12-16(18)10-11-21(19,20)5-2/h12,17-20H,4-11H2,1-3H3. The minimum absolute atomic E-state index is 0.274. The molecule has 3 aliphatic rings. The predicted octanol–water partition coefficient (Wildman–Crippen LogP) is 4.91. The van der Waals surface area contributed by atoms with Crippen LogP contribution in [0.5, 0.6) is 0 Å². The number of hydrogen-bond donors (Lipinski definition) is 0. The molecule has 0 saturated heterocycles. The van der Waals surface area contributed by atoms with E-state index < -0.39 is 0 Å². The fourth-order valence-corrected chi connectivity index (χ4v) is 6.45. The van der Waals surface area contributed by atoms with Crippen LogP contribution in [0.3, 0.4) is 0 Å². The van der Waals surface area contributed by atoms with E-state index in [2.05, 4.69) is 25.9 Å². The van der Waals surface area contributed by atoms with Gasteiger partial charge in [-0.15, -0.1) is 0 Å². The molecule has 0 amide bonds. The van der Waals surface area contributed by atoms with Crippen LogP contribution in [0.2, 0.25) is 0 Å². The third kappa shape index (κ3) is 2.56. The Balaban J connectivity index is 1.98. The van der Waals surface area contributed by atoms with Crippen molar-refractivity contribution < 1.29 is 9.59 Å². The first kappa shape index (κ1) is 16.7. The van der Waals surface area contributed by atoms with Crippen LogP contribution in [0.4, 0.5) is 0 Å². The number of hydrogen-bond acceptors (Lipinski definition) is 2. The lowest BCUT2D eigenvalue weighted by Crippen LogP contribution is -2.52. The van der Waals surface area contributed by atoms with Crippen molar-refractivity contribution in [3.8, 4) is 0 Å².